The highest BCUT2D eigenvalue weighted by Gasteiger charge is 2.42. The molecule has 0 aliphatic carbocycles. The monoisotopic (exact) mass is 291 g/mol. The number of hydrogen-bond acceptors (Lipinski definition) is 3. The molecule has 1 aromatic rings. The van der Waals surface area contributed by atoms with Crippen molar-refractivity contribution in [3.8, 4) is 0 Å². The summed E-state index contributed by atoms with van der Waals surface area (Å²) in [4.78, 5) is 24.2. The van der Waals surface area contributed by atoms with E-state index in [1.54, 1.807) is 4.90 Å². The Morgan fingerprint density at radius 1 is 1.29 bits per heavy atom. The fraction of sp³-hybridized carbons (Fsp3) is 0.500. The quantitative estimate of drug-likeness (QED) is 0.830. The van der Waals surface area contributed by atoms with Crippen molar-refractivity contribution in [2.75, 3.05) is 19.7 Å². The van der Waals surface area contributed by atoms with Crippen LogP contribution in [0.3, 0.4) is 0 Å². The number of carbonyl (C=O) groups is 2. The van der Waals surface area contributed by atoms with Crippen molar-refractivity contribution in [1.82, 2.24) is 4.90 Å². The van der Waals surface area contributed by atoms with Crippen LogP contribution in [0.4, 0.5) is 0 Å². The van der Waals surface area contributed by atoms with Crippen molar-refractivity contribution >= 4 is 11.9 Å². The van der Waals surface area contributed by atoms with E-state index in [4.69, 9.17) is 9.84 Å². The SMILES string of the molecule is CC1(OCC(=O)O)CN(C(=O)CCCc2ccccc2)C1. The number of nitrogens with zero attached hydrogens (tertiary/aromatic N) is 1. The Balaban J connectivity index is 1.66. The largest absolute Gasteiger partial charge is 0.480 e. The van der Waals surface area contributed by atoms with Gasteiger partial charge in [0.25, 0.3) is 0 Å². The summed E-state index contributed by atoms with van der Waals surface area (Å²) in [5.74, 6) is -0.869. The zero-order valence-electron chi connectivity index (χ0n) is 12.2. The lowest BCUT2D eigenvalue weighted by Crippen LogP contribution is -2.63. The fourth-order valence-electron chi connectivity index (χ4n) is 2.51. The Bertz CT molecular complexity index is 494. The van der Waals surface area contributed by atoms with Gasteiger partial charge in [-0.2, -0.15) is 0 Å². The minimum Gasteiger partial charge on any atom is -0.480 e. The molecule has 1 saturated heterocycles. The zero-order chi connectivity index (χ0) is 15.3. The minimum absolute atomic E-state index is 0.113. The van der Waals surface area contributed by atoms with E-state index < -0.39 is 11.6 Å². The topological polar surface area (TPSA) is 66.8 Å². The van der Waals surface area contributed by atoms with Crippen molar-refractivity contribution in [3.05, 3.63) is 35.9 Å². The highest BCUT2D eigenvalue weighted by atomic mass is 16.5. The van der Waals surface area contributed by atoms with Crippen molar-refractivity contribution < 1.29 is 19.4 Å². The summed E-state index contributed by atoms with van der Waals surface area (Å²) < 4.78 is 5.29. The molecule has 114 valence electrons. The van der Waals surface area contributed by atoms with Gasteiger partial charge in [0.05, 0.1) is 13.1 Å². The smallest absolute Gasteiger partial charge is 0.329 e. The van der Waals surface area contributed by atoms with Crippen LogP contribution in [0.5, 0.6) is 0 Å². The highest BCUT2D eigenvalue weighted by Crippen LogP contribution is 2.25. The molecule has 2 rings (SSSR count). The molecular formula is C16H21NO4. The van der Waals surface area contributed by atoms with Gasteiger partial charge in [-0.05, 0) is 25.3 Å². The molecule has 0 aromatic heterocycles. The van der Waals surface area contributed by atoms with Crippen LogP contribution in [0.2, 0.25) is 0 Å². The molecule has 1 fully saturated rings. The number of aryl methyl sites for hydroxylation is 1. The average molecular weight is 291 g/mol. The first-order chi connectivity index (χ1) is 9.98. The predicted molar refractivity (Wildman–Crippen MR) is 78.0 cm³/mol. The molecule has 0 unspecified atom stereocenters. The van der Waals surface area contributed by atoms with Crippen LogP contribution in [-0.2, 0) is 20.7 Å². The van der Waals surface area contributed by atoms with Gasteiger partial charge in [0.15, 0.2) is 0 Å². The summed E-state index contributed by atoms with van der Waals surface area (Å²) in [5, 5.41) is 8.59. The van der Waals surface area contributed by atoms with Crippen LogP contribution in [0.1, 0.15) is 25.3 Å². The lowest BCUT2D eigenvalue weighted by molar-refractivity contribution is -0.173. The first kappa shape index (κ1) is 15.5. The molecule has 0 bridgehead atoms. The van der Waals surface area contributed by atoms with Crippen LogP contribution in [0.25, 0.3) is 0 Å². The number of carboxylic acid groups (broad SMARTS) is 1. The summed E-state index contributed by atoms with van der Waals surface area (Å²) in [7, 11) is 0. The molecule has 1 heterocycles. The summed E-state index contributed by atoms with van der Waals surface area (Å²) in [6.07, 6.45) is 2.24. The van der Waals surface area contributed by atoms with E-state index in [1.807, 2.05) is 25.1 Å². The second kappa shape index (κ2) is 6.72. The van der Waals surface area contributed by atoms with Gasteiger partial charge in [0.1, 0.15) is 12.2 Å². The van der Waals surface area contributed by atoms with Gasteiger partial charge in [0, 0.05) is 6.42 Å². The summed E-state index contributed by atoms with van der Waals surface area (Å²) in [5.41, 5.74) is 0.733. The standard InChI is InChI=1S/C16H21NO4/c1-16(21-10-15(19)20)11-17(12-16)14(18)9-5-8-13-6-3-2-4-7-13/h2-4,6-7H,5,8-12H2,1H3,(H,19,20). The molecular weight excluding hydrogens is 270 g/mol. The normalized spacial score (nSPS) is 16.3. The van der Waals surface area contributed by atoms with Crippen molar-refractivity contribution in [2.45, 2.75) is 31.8 Å². The van der Waals surface area contributed by atoms with Gasteiger partial charge in [-0.15, -0.1) is 0 Å². The van der Waals surface area contributed by atoms with Gasteiger partial charge in [-0.3, -0.25) is 4.79 Å². The first-order valence-corrected chi connectivity index (χ1v) is 7.16. The van der Waals surface area contributed by atoms with Gasteiger partial charge < -0.3 is 14.7 Å². The number of likely N-dealkylation sites (tertiary alicyclic amines) is 1. The van der Waals surface area contributed by atoms with Crippen molar-refractivity contribution in [2.24, 2.45) is 0 Å². The Morgan fingerprint density at radius 3 is 2.57 bits per heavy atom. The molecule has 5 heteroatoms. The molecule has 1 N–H and O–H groups in total. The van der Waals surface area contributed by atoms with Gasteiger partial charge in [-0.1, -0.05) is 30.3 Å². The number of carboxylic acids is 1. The van der Waals surface area contributed by atoms with E-state index in [-0.39, 0.29) is 12.5 Å². The second-order valence-corrected chi connectivity index (χ2v) is 5.72. The minimum atomic E-state index is -0.983. The van der Waals surface area contributed by atoms with Crippen molar-refractivity contribution in [3.63, 3.8) is 0 Å². The van der Waals surface area contributed by atoms with Gasteiger partial charge in [-0.25, -0.2) is 4.79 Å². The average Bonchev–Trinajstić information content (AvgIpc) is 2.43. The predicted octanol–water partition coefficient (Wildman–Crippen LogP) is 1.71. The maximum absolute atomic E-state index is 12.0. The van der Waals surface area contributed by atoms with Gasteiger partial charge >= 0.3 is 5.97 Å². The van der Waals surface area contributed by atoms with Gasteiger partial charge in [0.2, 0.25) is 5.91 Å². The number of carbonyl (C=O) groups excluding carboxylic acids is 1. The van der Waals surface area contributed by atoms with E-state index >= 15 is 0 Å². The number of ether oxygens (including phenoxy) is 1. The van der Waals surface area contributed by atoms with Crippen LogP contribution >= 0.6 is 0 Å². The molecule has 0 radical (unpaired) electrons. The molecule has 21 heavy (non-hydrogen) atoms. The van der Waals surface area contributed by atoms with Crippen molar-refractivity contribution in [1.29, 1.82) is 0 Å². The molecule has 1 aromatic carbocycles. The van der Waals surface area contributed by atoms with E-state index in [9.17, 15) is 9.59 Å². The zero-order valence-corrected chi connectivity index (χ0v) is 12.2. The molecule has 0 atom stereocenters. The van der Waals surface area contributed by atoms with E-state index in [0.29, 0.717) is 19.5 Å². The number of hydrogen-bond donors (Lipinski definition) is 1. The van der Waals surface area contributed by atoms with E-state index in [0.717, 1.165) is 12.8 Å². The Hall–Kier alpha value is -1.88. The molecule has 0 spiro atoms. The maximum atomic E-state index is 12.0. The Kier molecular flexibility index (Phi) is 4.96. The Labute approximate surface area is 124 Å². The molecule has 1 aliphatic rings. The highest BCUT2D eigenvalue weighted by molar-refractivity contribution is 5.77. The number of aliphatic carboxylic acids is 1. The van der Waals surface area contributed by atoms with Crippen LogP contribution in [0, 0.1) is 0 Å². The van der Waals surface area contributed by atoms with Crippen LogP contribution < -0.4 is 0 Å². The number of benzene rings is 1. The maximum Gasteiger partial charge on any atom is 0.329 e. The van der Waals surface area contributed by atoms with E-state index in [2.05, 4.69) is 12.1 Å². The summed E-state index contributed by atoms with van der Waals surface area (Å²) >= 11 is 0. The molecule has 1 amide bonds. The second-order valence-electron chi connectivity index (χ2n) is 5.72. The van der Waals surface area contributed by atoms with E-state index in [1.165, 1.54) is 5.56 Å². The fourth-order valence-corrected chi connectivity index (χ4v) is 2.51. The lowest BCUT2D eigenvalue weighted by atomic mass is 9.95. The van der Waals surface area contributed by atoms with Crippen LogP contribution in [-0.4, -0.2) is 47.2 Å². The summed E-state index contributed by atoms with van der Waals surface area (Å²) in [6.45, 7) is 2.48. The molecule has 5 nitrogen and oxygen atoms in total. The third kappa shape index (κ3) is 4.56. The number of amides is 1. The molecule has 1 aliphatic heterocycles. The number of rotatable bonds is 7. The first-order valence-electron chi connectivity index (χ1n) is 7.16. The van der Waals surface area contributed by atoms with Crippen LogP contribution in [0.15, 0.2) is 30.3 Å². The summed E-state index contributed by atoms with van der Waals surface area (Å²) in [6, 6.07) is 10.1. The third-order valence-electron chi connectivity index (χ3n) is 3.65. The Morgan fingerprint density at radius 2 is 1.95 bits per heavy atom. The third-order valence-corrected chi connectivity index (χ3v) is 3.65. The lowest BCUT2D eigenvalue weighted by Gasteiger charge is -2.47. The molecule has 0 saturated carbocycles.